The lowest BCUT2D eigenvalue weighted by molar-refractivity contribution is 0.411. The van der Waals surface area contributed by atoms with Crippen molar-refractivity contribution in [1.82, 2.24) is 15.0 Å². The first kappa shape index (κ1) is 12.9. The third kappa shape index (κ3) is 2.22. The van der Waals surface area contributed by atoms with E-state index in [1.165, 1.54) is 5.56 Å². The fourth-order valence-electron chi connectivity index (χ4n) is 3.01. The highest BCUT2D eigenvalue weighted by atomic mass is 15.2. The standard InChI is InChI=1S/C15H19N5/c1-2-12-9-17-14-13(12)15(19-10-18-14)20-7-4-11(3-6-16)5-8-20/h9-11H,2-5,7-8H2,1H3,(H,17,18,19). The van der Waals surface area contributed by atoms with E-state index in [0.29, 0.717) is 12.3 Å². The molecule has 0 unspecified atom stereocenters. The number of piperidine rings is 1. The van der Waals surface area contributed by atoms with Gasteiger partial charge in [0.1, 0.15) is 17.8 Å². The first-order chi connectivity index (χ1) is 9.83. The number of anilines is 1. The first-order valence-corrected chi connectivity index (χ1v) is 7.26. The number of hydrogen-bond donors (Lipinski definition) is 1. The molecule has 3 rings (SSSR count). The van der Waals surface area contributed by atoms with Crippen LogP contribution in [0.3, 0.4) is 0 Å². The molecule has 0 spiro atoms. The molecule has 2 aromatic rings. The van der Waals surface area contributed by atoms with Crippen molar-refractivity contribution in [3.63, 3.8) is 0 Å². The molecule has 0 aromatic carbocycles. The van der Waals surface area contributed by atoms with Gasteiger partial charge >= 0.3 is 0 Å². The summed E-state index contributed by atoms with van der Waals surface area (Å²) in [5, 5.41) is 9.96. The average molecular weight is 269 g/mol. The Kier molecular flexibility index (Phi) is 3.55. The van der Waals surface area contributed by atoms with E-state index in [1.54, 1.807) is 6.33 Å². The molecule has 5 nitrogen and oxygen atoms in total. The summed E-state index contributed by atoms with van der Waals surface area (Å²) in [6.45, 7) is 4.11. The molecule has 1 aliphatic heterocycles. The highest BCUT2D eigenvalue weighted by molar-refractivity contribution is 5.90. The Morgan fingerprint density at radius 1 is 1.40 bits per heavy atom. The molecule has 0 bridgehead atoms. The number of aryl methyl sites for hydroxylation is 1. The van der Waals surface area contributed by atoms with Gasteiger partial charge in [-0.1, -0.05) is 6.92 Å². The summed E-state index contributed by atoms with van der Waals surface area (Å²) < 4.78 is 0. The van der Waals surface area contributed by atoms with Crippen molar-refractivity contribution in [2.45, 2.75) is 32.6 Å². The third-order valence-electron chi connectivity index (χ3n) is 4.21. The largest absolute Gasteiger partial charge is 0.356 e. The Balaban J connectivity index is 1.88. The predicted octanol–water partition coefficient (Wildman–Crippen LogP) is 2.65. The minimum Gasteiger partial charge on any atom is -0.356 e. The first-order valence-electron chi connectivity index (χ1n) is 7.26. The number of aromatic amines is 1. The topological polar surface area (TPSA) is 68.6 Å². The van der Waals surface area contributed by atoms with Gasteiger partial charge in [-0.05, 0) is 30.7 Å². The van der Waals surface area contributed by atoms with Crippen LogP contribution in [0.5, 0.6) is 0 Å². The van der Waals surface area contributed by atoms with Crippen molar-refractivity contribution in [2.24, 2.45) is 5.92 Å². The second kappa shape index (κ2) is 5.49. The van der Waals surface area contributed by atoms with Crippen molar-refractivity contribution in [3.8, 4) is 6.07 Å². The van der Waals surface area contributed by atoms with Crippen molar-refractivity contribution < 1.29 is 0 Å². The van der Waals surface area contributed by atoms with E-state index in [-0.39, 0.29) is 0 Å². The van der Waals surface area contributed by atoms with Gasteiger partial charge in [0, 0.05) is 25.7 Å². The van der Waals surface area contributed by atoms with Crippen LogP contribution in [0.4, 0.5) is 5.82 Å². The summed E-state index contributed by atoms with van der Waals surface area (Å²) in [6, 6.07) is 2.29. The van der Waals surface area contributed by atoms with Gasteiger partial charge in [-0.3, -0.25) is 0 Å². The van der Waals surface area contributed by atoms with Crippen LogP contribution < -0.4 is 4.90 Å². The summed E-state index contributed by atoms with van der Waals surface area (Å²) in [5.74, 6) is 1.59. The van der Waals surface area contributed by atoms with Crippen molar-refractivity contribution in [2.75, 3.05) is 18.0 Å². The van der Waals surface area contributed by atoms with E-state index in [4.69, 9.17) is 5.26 Å². The zero-order valence-electron chi connectivity index (χ0n) is 11.8. The number of aromatic nitrogens is 3. The van der Waals surface area contributed by atoms with E-state index < -0.39 is 0 Å². The monoisotopic (exact) mass is 269 g/mol. The van der Waals surface area contributed by atoms with Crippen LogP contribution >= 0.6 is 0 Å². The second-order valence-electron chi connectivity index (χ2n) is 5.38. The number of fused-ring (bicyclic) bond motifs is 1. The van der Waals surface area contributed by atoms with E-state index >= 15 is 0 Å². The number of nitrogens with zero attached hydrogens (tertiary/aromatic N) is 4. The summed E-state index contributed by atoms with van der Waals surface area (Å²) in [4.78, 5) is 14.4. The Labute approximate surface area is 118 Å². The van der Waals surface area contributed by atoms with Gasteiger partial charge in [-0.2, -0.15) is 5.26 Å². The molecular formula is C15H19N5. The summed E-state index contributed by atoms with van der Waals surface area (Å²) in [7, 11) is 0. The minimum absolute atomic E-state index is 0.547. The molecular weight excluding hydrogens is 250 g/mol. The van der Waals surface area contributed by atoms with Gasteiger partial charge < -0.3 is 9.88 Å². The van der Waals surface area contributed by atoms with Gasteiger partial charge in [-0.15, -0.1) is 0 Å². The maximum Gasteiger partial charge on any atom is 0.143 e. The van der Waals surface area contributed by atoms with Crippen LogP contribution in [-0.4, -0.2) is 28.0 Å². The summed E-state index contributed by atoms with van der Waals surface area (Å²) >= 11 is 0. The molecule has 0 radical (unpaired) electrons. The Morgan fingerprint density at radius 3 is 2.90 bits per heavy atom. The zero-order chi connectivity index (χ0) is 13.9. The van der Waals surface area contributed by atoms with Crippen LogP contribution in [-0.2, 0) is 6.42 Å². The molecule has 0 saturated carbocycles. The van der Waals surface area contributed by atoms with Gasteiger partial charge in [0.15, 0.2) is 0 Å². The van der Waals surface area contributed by atoms with Gasteiger partial charge in [0.25, 0.3) is 0 Å². The van der Waals surface area contributed by atoms with Crippen molar-refractivity contribution >= 4 is 16.9 Å². The molecule has 1 aliphatic rings. The van der Waals surface area contributed by atoms with Crippen LogP contribution in [0.25, 0.3) is 11.0 Å². The molecule has 1 fully saturated rings. The van der Waals surface area contributed by atoms with E-state index in [9.17, 15) is 0 Å². The van der Waals surface area contributed by atoms with Crippen LogP contribution in [0.2, 0.25) is 0 Å². The number of nitrogens with one attached hydrogen (secondary N) is 1. The number of rotatable bonds is 3. The maximum absolute atomic E-state index is 8.79. The quantitative estimate of drug-likeness (QED) is 0.930. The Bertz CT molecular complexity index is 631. The predicted molar refractivity (Wildman–Crippen MR) is 78.4 cm³/mol. The molecule has 2 aromatic heterocycles. The molecule has 104 valence electrons. The lowest BCUT2D eigenvalue weighted by Gasteiger charge is -2.32. The van der Waals surface area contributed by atoms with Gasteiger partial charge in [0.2, 0.25) is 0 Å². The van der Waals surface area contributed by atoms with Gasteiger partial charge in [0.05, 0.1) is 11.5 Å². The van der Waals surface area contributed by atoms with E-state index in [1.807, 2.05) is 6.20 Å². The Hall–Kier alpha value is -2.09. The lowest BCUT2D eigenvalue weighted by atomic mass is 9.94. The molecule has 20 heavy (non-hydrogen) atoms. The molecule has 3 heterocycles. The van der Waals surface area contributed by atoms with Crippen LogP contribution in [0.1, 0.15) is 31.7 Å². The fraction of sp³-hybridized carbons (Fsp3) is 0.533. The zero-order valence-corrected chi connectivity index (χ0v) is 11.8. The molecule has 0 amide bonds. The smallest absolute Gasteiger partial charge is 0.143 e. The van der Waals surface area contributed by atoms with Crippen LogP contribution in [0, 0.1) is 17.2 Å². The number of hydrogen-bond acceptors (Lipinski definition) is 4. The van der Waals surface area contributed by atoms with E-state index in [0.717, 1.165) is 49.2 Å². The highest BCUT2D eigenvalue weighted by Gasteiger charge is 2.22. The number of nitriles is 1. The van der Waals surface area contributed by atoms with Crippen molar-refractivity contribution in [1.29, 1.82) is 5.26 Å². The highest BCUT2D eigenvalue weighted by Crippen LogP contribution is 2.30. The lowest BCUT2D eigenvalue weighted by Crippen LogP contribution is -2.34. The second-order valence-corrected chi connectivity index (χ2v) is 5.38. The van der Waals surface area contributed by atoms with Crippen molar-refractivity contribution in [3.05, 3.63) is 18.1 Å². The molecule has 0 atom stereocenters. The summed E-state index contributed by atoms with van der Waals surface area (Å²) in [6.07, 6.45) is 7.47. The van der Waals surface area contributed by atoms with Gasteiger partial charge in [-0.25, -0.2) is 9.97 Å². The Morgan fingerprint density at radius 2 is 2.20 bits per heavy atom. The molecule has 5 heteroatoms. The average Bonchev–Trinajstić information content (AvgIpc) is 2.91. The number of H-pyrrole nitrogens is 1. The fourth-order valence-corrected chi connectivity index (χ4v) is 3.01. The molecule has 1 saturated heterocycles. The summed E-state index contributed by atoms with van der Waals surface area (Å²) in [5.41, 5.74) is 2.20. The normalized spacial score (nSPS) is 16.5. The third-order valence-corrected chi connectivity index (χ3v) is 4.21. The maximum atomic E-state index is 8.79. The minimum atomic E-state index is 0.547. The molecule has 0 aliphatic carbocycles. The SMILES string of the molecule is CCc1c[nH]c2ncnc(N3CCC(CC#N)CC3)c12. The van der Waals surface area contributed by atoms with E-state index in [2.05, 4.69) is 32.8 Å². The molecule has 1 N–H and O–H groups in total. The van der Waals surface area contributed by atoms with Crippen LogP contribution in [0.15, 0.2) is 12.5 Å².